The summed E-state index contributed by atoms with van der Waals surface area (Å²) in [6.07, 6.45) is 4.96. The van der Waals surface area contributed by atoms with E-state index in [2.05, 4.69) is 10.3 Å². The number of pyridine rings is 1. The minimum absolute atomic E-state index is 0.162. The fraction of sp³-hybridized carbons (Fsp3) is 0.267. The molecular weight excluding hydrogens is 263 g/mol. The van der Waals surface area contributed by atoms with Crippen LogP contribution in [0.5, 0.6) is 0 Å². The molecule has 0 amide bonds. The highest BCUT2D eigenvalue weighted by molar-refractivity contribution is 6.30. The average Bonchev–Trinajstić information content (AvgIpc) is 2.44. The highest BCUT2D eigenvalue weighted by Crippen LogP contribution is 2.19. The van der Waals surface area contributed by atoms with Gasteiger partial charge in [-0.15, -0.1) is 0 Å². The molecule has 0 aliphatic carbocycles. The first kappa shape index (κ1) is 14.0. The van der Waals surface area contributed by atoms with E-state index >= 15 is 0 Å². The smallest absolute Gasteiger partial charge is 0.145 e. The van der Waals surface area contributed by atoms with Gasteiger partial charge in [0.2, 0.25) is 0 Å². The van der Waals surface area contributed by atoms with E-state index in [0.29, 0.717) is 12.0 Å². The van der Waals surface area contributed by atoms with E-state index in [0.717, 1.165) is 6.42 Å². The van der Waals surface area contributed by atoms with Gasteiger partial charge in [0.25, 0.3) is 0 Å². The van der Waals surface area contributed by atoms with E-state index < -0.39 is 0 Å². The van der Waals surface area contributed by atoms with Gasteiger partial charge in [-0.2, -0.15) is 0 Å². The molecule has 0 saturated heterocycles. The van der Waals surface area contributed by atoms with Crippen molar-refractivity contribution >= 4 is 11.6 Å². The summed E-state index contributed by atoms with van der Waals surface area (Å²) >= 11 is 5.80. The van der Waals surface area contributed by atoms with Crippen molar-refractivity contribution < 1.29 is 4.39 Å². The molecule has 19 heavy (non-hydrogen) atoms. The zero-order valence-electron chi connectivity index (χ0n) is 10.7. The van der Waals surface area contributed by atoms with Crippen molar-refractivity contribution in [2.75, 3.05) is 7.05 Å². The Morgan fingerprint density at radius 2 is 1.95 bits per heavy atom. The summed E-state index contributed by atoms with van der Waals surface area (Å²) in [5.74, 6) is -0.320. The molecule has 4 heteroatoms. The molecule has 0 spiro atoms. The molecule has 1 aromatic heterocycles. The van der Waals surface area contributed by atoms with Gasteiger partial charge in [0.15, 0.2) is 0 Å². The normalized spacial score (nSPS) is 12.4. The lowest BCUT2D eigenvalue weighted by molar-refractivity contribution is 0.532. The second kappa shape index (κ2) is 6.64. The predicted molar refractivity (Wildman–Crippen MR) is 75.9 cm³/mol. The Morgan fingerprint density at radius 3 is 2.63 bits per heavy atom. The second-order valence-corrected chi connectivity index (χ2v) is 4.87. The second-order valence-electron chi connectivity index (χ2n) is 4.46. The van der Waals surface area contributed by atoms with Crippen molar-refractivity contribution in [1.29, 1.82) is 0 Å². The minimum Gasteiger partial charge on any atom is -0.316 e. The number of nitrogens with one attached hydrogen (secondary N) is 1. The predicted octanol–water partition coefficient (Wildman–Crippen LogP) is 3.25. The molecule has 100 valence electrons. The van der Waals surface area contributed by atoms with Crippen molar-refractivity contribution in [1.82, 2.24) is 10.3 Å². The van der Waals surface area contributed by atoms with Crippen molar-refractivity contribution in [3.63, 3.8) is 0 Å². The van der Waals surface area contributed by atoms with Crippen LogP contribution in [0.4, 0.5) is 4.39 Å². The maximum Gasteiger partial charge on any atom is 0.145 e. The standard InChI is InChI=1S/C15H16ClFN2/c1-18-13(9-11-5-7-19-8-6-11)10-12-3-2-4-14(16)15(12)17/h2-8,13,18H,9-10H2,1H3. The first-order valence-electron chi connectivity index (χ1n) is 6.19. The topological polar surface area (TPSA) is 24.9 Å². The third-order valence-electron chi connectivity index (χ3n) is 3.14. The molecule has 2 aromatic rings. The molecule has 2 nitrogen and oxygen atoms in total. The molecule has 0 saturated carbocycles. The van der Waals surface area contributed by atoms with Crippen LogP contribution in [0.25, 0.3) is 0 Å². The van der Waals surface area contributed by atoms with Crippen LogP contribution in [-0.4, -0.2) is 18.1 Å². The van der Waals surface area contributed by atoms with Crippen molar-refractivity contribution in [2.45, 2.75) is 18.9 Å². The Balaban J connectivity index is 2.09. The molecule has 1 unspecified atom stereocenters. The third-order valence-corrected chi connectivity index (χ3v) is 3.43. The largest absolute Gasteiger partial charge is 0.316 e. The van der Waals surface area contributed by atoms with Crippen molar-refractivity contribution in [3.8, 4) is 0 Å². The van der Waals surface area contributed by atoms with E-state index in [1.807, 2.05) is 19.2 Å². The van der Waals surface area contributed by atoms with Gasteiger partial charge in [-0.3, -0.25) is 4.98 Å². The van der Waals surface area contributed by atoms with Crippen LogP contribution >= 0.6 is 11.6 Å². The number of hydrogen-bond donors (Lipinski definition) is 1. The molecule has 0 aliphatic heterocycles. The minimum atomic E-state index is -0.320. The number of likely N-dealkylation sites (N-methyl/N-ethyl adjacent to an activating group) is 1. The van der Waals surface area contributed by atoms with Gasteiger partial charge >= 0.3 is 0 Å². The van der Waals surface area contributed by atoms with Gasteiger partial charge in [0, 0.05) is 18.4 Å². The Kier molecular flexibility index (Phi) is 4.88. The summed E-state index contributed by atoms with van der Waals surface area (Å²) in [7, 11) is 1.88. The first-order chi connectivity index (χ1) is 9.20. The van der Waals surface area contributed by atoms with Gasteiger partial charge in [-0.25, -0.2) is 4.39 Å². The number of aromatic nitrogens is 1. The summed E-state index contributed by atoms with van der Waals surface area (Å²) < 4.78 is 13.9. The third kappa shape index (κ3) is 3.75. The number of rotatable bonds is 5. The van der Waals surface area contributed by atoms with Crippen LogP contribution in [0.1, 0.15) is 11.1 Å². The number of nitrogens with zero attached hydrogens (tertiary/aromatic N) is 1. The van der Waals surface area contributed by atoms with E-state index in [1.165, 1.54) is 5.56 Å². The highest BCUT2D eigenvalue weighted by atomic mass is 35.5. The molecule has 1 N–H and O–H groups in total. The van der Waals surface area contributed by atoms with Crippen LogP contribution < -0.4 is 5.32 Å². The van der Waals surface area contributed by atoms with E-state index in [4.69, 9.17) is 11.6 Å². The summed E-state index contributed by atoms with van der Waals surface area (Å²) in [5.41, 5.74) is 1.82. The Bertz CT molecular complexity index is 531. The molecule has 0 fully saturated rings. The number of hydrogen-bond acceptors (Lipinski definition) is 2. The highest BCUT2D eigenvalue weighted by Gasteiger charge is 2.13. The molecule has 1 atom stereocenters. The Morgan fingerprint density at radius 1 is 1.21 bits per heavy atom. The van der Waals surface area contributed by atoms with Crippen LogP contribution in [0, 0.1) is 5.82 Å². The lowest BCUT2D eigenvalue weighted by atomic mass is 9.99. The van der Waals surface area contributed by atoms with Gasteiger partial charge in [-0.05, 0) is 49.2 Å². The lowest BCUT2D eigenvalue weighted by Crippen LogP contribution is -2.30. The van der Waals surface area contributed by atoms with Crippen LogP contribution in [0.2, 0.25) is 5.02 Å². The molecule has 2 rings (SSSR count). The lowest BCUT2D eigenvalue weighted by Gasteiger charge is -2.17. The Hall–Kier alpha value is -1.45. The summed E-state index contributed by atoms with van der Waals surface area (Å²) in [5, 5.41) is 3.39. The maximum absolute atomic E-state index is 13.9. The fourth-order valence-electron chi connectivity index (χ4n) is 2.05. The van der Waals surface area contributed by atoms with Crippen LogP contribution in [0.3, 0.4) is 0 Å². The van der Waals surface area contributed by atoms with Gasteiger partial charge in [-0.1, -0.05) is 23.7 Å². The average molecular weight is 279 g/mol. The number of halogens is 2. The zero-order valence-corrected chi connectivity index (χ0v) is 11.5. The van der Waals surface area contributed by atoms with E-state index in [1.54, 1.807) is 30.6 Å². The van der Waals surface area contributed by atoms with E-state index in [9.17, 15) is 4.39 Å². The van der Waals surface area contributed by atoms with Gasteiger partial charge in [0.1, 0.15) is 5.82 Å². The van der Waals surface area contributed by atoms with Gasteiger partial charge < -0.3 is 5.32 Å². The first-order valence-corrected chi connectivity index (χ1v) is 6.57. The van der Waals surface area contributed by atoms with Crippen LogP contribution in [-0.2, 0) is 12.8 Å². The summed E-state index contributed by atoms with van der Waals surface area (Å²) in [6.45, 7) is 0. The van der Waals surface area contributed by atoms with Gasteiger partial charge in [0.05, 0.1) is 5.02 Å². The SMILES string of the molecule is CNC(Cc1ccncc1)Cc1cccc(Cl)c1F. The zero-order chi connectivity index (χ0) is 13.7. The molecule has 1 heterocycles. The maximum atomic E-state index is 13.9. The van der Waals surface area contributed by atoms with Crippen molar-refractivity contribution in [3.05, 3.63) is 64.7 Å². The molecule has 0 radical (unpaired) electrons. The quantitative estimate of drug-likeness (QED) is 0.908. The van der Waals surface area contributed by atoms with Crippen molar-refractivity contribution in [2.24, 2.45) is 0 Å². The molecule has 0 aliphatic rings. The fourth-order valence-corrected chi connectivity index (χ4v) is 2.25. The van der Waals surface area contributed by atoms with Crippen LogP contribution in [0.15, 0.2) is 42.7 Å². The monoisotopic (exact) mass is 278 g/mol. The molecule has 0 bridgehead atoms. The number of benzene rings is 1. The molecule has 1 aromatic carbocycles. The Labute approximate surface area is 117 Å². The summed E-state index contributed by atoms with van der Waals surface area (Å²) in [4.78, 5) is 3.99. The summed E-state index contributed by atoms with van der Waals surface area (Å²) in [6, 6.07) is 9.22. The molecular formula is C15H16ClFN2. The van der Waals surface area contributed by atoms with E-state index in [-0.39, 0.29) is 16.9 Å².